The number of primary amides is 1. The summed E-state index contributed by atoms with van der Waals surface area (Å²) < 4.78 is 41.9. The molecule has 0 radical (unpaired) electrons. The van der Waals surface area contributed by atoms with Gasteiger partial charge >= 0.3 is 6.36 Å². The van der Waals surface area contributed by atoms with Crippen molar-refractivity contribution in [3.05, 3.63) is 47.8 Å². The number of alkyl halides is 3. The molecule has 2 aromatic heterocycles. The van der Waals surface area contributed by atoms with Crippen LogP contribution in [-0.4, -0.2) is 27.0 Å². The third-order valence-corrected chi connectivity index (χ3v) is 3.41. The predicted octanol–water partition coefficient (Wildman–Crippen LogP) is 1.88. The van der Waals surface area contributed by atoms with E-state index in [1.165, 1.54) is 29.1 Å². The summed E-state index contributed by atoms with van der Waals surface area (Å²) in [6.45, 7) is 0.0325. The van der Waals surface area contributed by atoms with Gasteiger partial charge in [0.05, 0.1) is 22.3 Å². The summed E-state index contributed by atoms with van der Waals surface area (Å²) in [6, 6.07) is 6.52. The van der Waals surface area contributed by atoms with Gasteiger partial charge in [-0.05, 0) is 30.3 Å². The topological polar surface area (TPSA) is 109 Å². The van der Waals surface area contributed by atoms with Gasteiger partial charge < -0.3 is 16.2 Å². The Bertz CT molecular complexity index is 935. The van der Waals surface area contributed by atoms with Crippen LogP contribution < -0.4 is 16.2 Å². The third kappa shape index (κ3) is 3.24. The van der Waals surface area contributed by atoms with Crippen LogP contribution in [0.2, 0.25) is 0 Å². The molecular weight excluding hydrogens is 339 g/mol. The maximum atomic E-state index is 12.2. The molecule has 7 nitrogen and oxygen atoms in total. The number of aromatic nitrogens is 3. The largest absolute Gasteiger partial charge is 0.573 e. The number of pyridine rings is 1. The van der Waals surface area contributed by atoms with Crippen LogP contribution in [0.4, 0.5) is 13.2 Å². The molecule has 25 heavy (non-hydrogen) atoms. The number of rotatable bonds is 4. The van der Waals surface area contributed by atoms with Crippen LogP contribution in [0.1, 0.15) is 16.1 Å². The highest BCUT2D eigenvalue weighted by Gasteiger charge is 2.31. The van der Waals surface area contributed by atoms with Crippen molar-refractivity contribution < 1.29 is 22.7 Å². The van der Waals surface area contributed by atoms with Crippen molar-refractivity contribution in [3.63, 3.8) is 0 Å². The third-order valence-electron chi connectivity index (χ3n) is 3.41. The van der Waals surface area contributed by atoms with E-state index in [0.717, 1.165) is 12.1 Å². The lowest BCUT2D eigenvalue weighted by atomic mass is 10.1. The van der Waals surface area contributed by atoms with E-state index in [1.807, 2.05) is 0 Å². The first-order valence-corrected chi connectivity index (χ1v) is 7.03. The van der Waals surface area contributed by atoms with Crippen LogP contribution in [0, 0.1) is 0 Å². The minimum absolute atomic E-state index is 0.0325. The van der Waals surface area contributed by atoms with Crippen molar-refractivity contribution in [1.29, 1.82) is 0 Å². The van der Waals surface area contributed by atoms with E-state index in [0.29, 0.717) is 22.4 Å². The zero-order valence-electron chi connectivity index (χ0n) is 12.6. The van der Waals surface area contributed by atoms with Gasteiger partial charge in [0.2, 0.25) is 5.91 Å². The van der Waals surface area contributed by atoms with Crippen molar-refractivity contribution in [3.8, 4) is 11.4 Å². The quantitative estimate of drug-likeness (QED) is 0.746. The molecule has 0 saturated heterocycles. The molecule has 1 amide bonds. The normalized spacial score (nSPS) is 11.7. The second kappa shape index (κ2) is 6.06. The van der Waals surface area contributed by atoms with E-state index < -0.39 is 12.3 Å². The summed E-state index contributed by atoms with van der Waals surface area (Å²) >= 11 is 0. The molecule has 0 unspecified atom stereocenters. The van der Waals surface area contributed by atoms with E-state index in [4.69, 9.17) is 11.5 Å². The van der Waals surface area contributed by atoms with Gasteiger partial charge in [-0.2, -0.15) is 5.10 Å². The summed E-state index contributed by atoms with van der Waals surface area (Å²) in [6.07, 6.45) is -3.38. The number of carbonyl (C=O) groups is 1. The number of hydrogen-bond donors (Lipinski definition) is 2. The Morgan fingerprint density at radius 1 is 1.20 bits per heavy atom. The van der Waals surface area contributed by atoms with Crippen molar-refractivity contribution >= 4 is 16.9 Å². The molecule has 2 heterocycles. The summed E-state index contributed by atoms with van der Waals surface area (Å²) in [5.74, 6) is -1.02. The van der Waals surface area contributed by atoms with Gasteiger partial charge in [0.1, 0.15) is 5.75 Å². The molecule has 130 valence electrons. The van der Waals surface area contributed by atoms with Crippen molar-refractivity contribution in [2.24, 2.45) is 11.5 Å². The Kier molecular flexibility index (Phi) is 4.05. The van der Waals surface area contributed by atoms with E-state index in [9.17, 15) is 18.0 Å². The summed E-state index contributed by atoms with van der Waals surface area (Å²) in [7, 11) is 0. The van der Waals surface area contributed by atoms with E-state index in [2.05, 4.69) is 14.8 Å². The minimum Gasteiger partial charge on any atom is -0.406 e. The molecular formula is C15H12F3N5O2. The average Bonchev–Trinajstić information content (AvgIpc) is 2.93. The fraction of sp³-hybridized carbons (Fsp3) is 0.133. The van der Waals surface area contributed by atoms with Crippen LogP contribution >= 0.6 is 0 Å². The highest BCUT2D eigenvalue weighted by molar-refractivity contribution is 6.05. The predicted molar refractivity (Wildman–Crippen MR) is 82.0 cm³/mol. The lowest BCUT2D eigenvalue weighted by molar-refractivity contribution is -0.274. The van der Waals surface area contributed by atoms with Gasteiger partial charge in [0, 0.05) is 12.7 Å². The van der Waals surface area contributed by atoms with Crippen LogP contribution in [0.5, 0.6) is 5.75 Å². The van der Waals surface area contributed by atoms with Crippen LogP contribution in [0.15, 0.2) is 36.5 Å². The fourth-order valence-electron chi connectivity index (χ4n) is 2.43. The standard InChI is InChI=1S/C15H12F3N5O2/c16-15(17,18)25-9-3-1-8(2-4-9)23-14-12(11(7-19)22-23)10(13(20)24)5-6-21-14/h1-6H,7,19H2,(H2,20,24). The van der Waals surface area contributed by atoms with Crippen molar-refractivity contribution in [2.45, 2.75) is 12.9 Å². The molecule has 0 aliphatic heterocycles. The summed E-state index contributed by atoms with van der Waals surface area (Å²) in [5, 5.41) is 4.69. The number of halogens is 3. The Morgan fingerprint density at radius 2 is 1.88 bits per heavy atom. The average molecular weight is 351 g/mol. The summed E-state index contributed by atoms with van der Waals surface area (Å²) in [4.78, 5) is 15.8. The SMILES string of the molecule is NCc1nn(-c2ccc(OC(F)(F)F)cc2)c2nccc(C(N)=O)c12. The Labute approximate surface area is 139 Å². The van der Waals surface area contributed by atoms with Crippen LogP contribution in [0.25, 0.3) is 16.7 Å². The fourth-order valence-corrected chi connectivity index (χ4v) is 2.43. The van der Waals surface area contributed by atoms with Crippen LogP contribution in [-0.2, 0) is 6.54 Å². The lowest BCUT2D eigenvalue weighted by Crippen LogP contribution is -2.17. The summed E-state index contributed by atoms with van der Waals surface area (Å²) in [5.41, 5.74) is 12.4. The highest BCUT2D eigenvalue weighted by atomic mass is 19.4. The number of benzene rings is 1. The zero-order chi connectivity index (χ0) is 18.2. The molecule has 0 aliphatic carbocycles. The first-order chi connectivity index (χ1) is 11.8. The maximum Gasteiger partial charge on any atom is 0.573 e. The Balaban J connectivity index is 2.10. The highest BCUT2D eigenvalue weighted by Crippen LogP contribution is 2.26. The number of nitrogens with zero attached hydrogens (tertiary/aromatic N) is 3. The molecule has 3 aromatic rings. The monoisotopic (exact) mass is 351 g/mol. The van der Waals surface area contributed by atoms with E-state index in [-0.39, 0.29) is 17.9 Å². The molecule has 10 heteroatoms. The molecule has 0 spiro atoms. The molecule has 3 rings (SSSR count). The minimum atomic E-state index is -4.77. The molecule has 4 N–H and O–H groups in total. The molecule has 0 fully saturated rings. The zero-order valence-corrected chi connectivity index (χ0v) is 12.6. The number of hydrogen-bond acceptors (Lipinski definition) is 5. The first-order valence-electron chi connectivity index (χ1n) is 7.03. The van der Waals surface area contributed by atoms with E-state index >= 15 is 0 Å². The van der Waals surface area contributed by atoms with Gasteiger partial charge in [0.25, 0.3) is 0 Å². The van der Waals surface area contributed by atoms with Crippen molar-refractivity contribution in [2.75, 3.05) is 0 Å². The Hall–Kier alpha value is -3.14. The number of fused-ring (bicyclic) bond motifs is 1. The lowest BCUT2D eigenvalue weighted by Gasteiger charge is -2.09. The molecule has 0 aliphatic rings. The first kappa shape index (κ1) is 16.7. The second-order valence-corrected chi connectivity index (χ2v) is 5.03. The second-order valence-electron chi connectivity index (χ2n) is 5.03. The van der Waals surface area contributed by atoms with Gasteiger partial charge in [-0.25, -0.2) is 9.67 Å². The van der Waals surface area contributed by atoms with Crippen LogP contribution in [0.3, 0.4) is 0 Å². The van der Waals surface area contributed by atoms with Gasteiger partial charge in [-0.3, -0.25) is 4.79 Å². The molecule has 1 aromatic carbocycles. The number of ether oxygens (including phenoxy) is 1. The smallest absolute Gasteiger partial charge is 0.406 e. The molecule has 0 bridgehead atoms. The maximum absolute atomic E-state index is 12.2. The van der Waals surface area contributed by atoms with Gasteiger partial charge in [0.15, 0.2) is 5.65 Å². The van der Waals surface area contributed by atoms with E-state index in [1.54, 1.807) is 0 Å². The number of amides is 1. The molecule has 0 atom stereocenters. The number of nitrogens with two attached hydrogens (primary N) is 2. The Morgan fingerprint density at radius 3 is 2.44 bits per heavy atom. The molecule has 0 saturated carbocycles. The number of carbonyl (C=O) groups excluding carboxylic acids is 1. The van der Waals surface area contributed by atoms with Crippen molar-refractivity contribution in [1.82, 2.24) is 14.8 Å². The van der Waals surface area contributed by atoms with Gasteiger partial charge in [-0.15, -0.1) is 13.2 Å². The van der Waals surface area contributed by atoms with Gasteiger partial charge in [-0.1, -0.05) is 0 Å².